The molecule has 0 aliphatic rings. The van der Waals surface area contributed by atoms with Crippen molar-refractivity contribution in [3.63, 3.8) is 0 Å². The van der Waals surface area contributed by atoms with Crippen LogP contribution in [0.15, 0.2) is 55.0 Å². The summed E-state index contributed by atoms with van der Waals surface area (Å²) in [6.07, 6.45) is 3.23. The first-order valence-corrected chi connectivity index (χ1v) is 9.04. The van der Waals surface area contributed by atoms with E-state index in [-0.39, 0.29) is 0 Å². The van der Waals surface area contributed by atoms with E-state index in [0.717, 1.165) is 17.0 Å². The molecule has 1 aromatic carbocycles. The maximum atomic E-state index is 6.02. The number of nitrogens with one attached hydrogen (secondary N) is 1. The molecule has 0 saturated carbocycles. The zero-order valence-corrected chi connectivity index (χ0v) is 15.9. The highest BCUT2D eigenvalue weighted by atomic mass is 35.5. The summed E-state index contributed by atoms with van der Waals surface area (Å²) in [5.74, 6) is 1.95. The highest BCUT2D eigenvalue weighted by Crippen LogP contribution is 2.29. The molecular formula is C19H13ClN8O. The minimum atomic E-state index is 0.384. The van der Waals surface area contributed by atoms with Crippen LogP contribution >= 0.6 is 11.6 Å². The summed E-state index contributed by atoms with van der Waals surface area (Å²) in [4.78, 5) is 12.8. The molecule has 0 fully saturated rings. The zero-order valence-electron chi connectivity index (χ0n) is 15.1. The van der Waals surface area contributed by atoms with Crippen LogP contribution in [-0.4, -0.2) is 35.0 Å². The first kappa shape index (κ1) is 17.3. The number of pyridine rings is 2. The summed E-state index contributed by atoms with van der Waals surface area (Å²) < 4.78 is 7.55. The summed E-state index contributed by atoms with van der Waals surface area (Å²) in [6.45, 7) is 1.96. The second-order valence-electron chi connectivity index (χ2n) is 6.28. The lowest BCUT2D eigenvalue weighted by molar-refractivity contribution is 0.478. The van der Waals surface area contributed by atoms with Crippen LogP contribution in [0.2, 0.25) is 5.15 Å². The predicted molar refractivity (Wildman–Crippen MR) is 108 cm³/mol. The van der Waals surface area contributed by atoms with E-state index < -0.39 is 0 Å². The molecule has 142 valence electrons. The van der Waals surface area contributed by atoms with E-state index in [1.54, 1.807) is 28.9 Å². The van der Waals surface area contributed by atoms with E-state index in [9.17, 15) is 0 Å². The molecule has 0 aliphatic carbocycles. The molecule has 0 amide bonds. The van der Waals surface area contributed by atoms with Crippen LogP contribution in [0.4, 0.5) is 11.5 Å². The van der Waals surface area contributed by atoms with Gasteiger partial charge in [-0.1, -0.05) is 11.6 Å². The maximum Gasteiger partial charge on any atom is 0.182 e. The number of ether oxygens (including phenoxy) is 1. The molecule has 0 radical (unpaired) electrons. The standard InChI is InChI=1S/C19H13ClN8O/c1-11-8-12(23-19-18-14(21-10-22-19)3-5-16(20)24-18)2-4-15(11)29-13-6-7-28-17(9-13)25-26-27-28/h2-10H,1H3,(H,21,22,23). The van der Waals surface area contributed by atoms with E-state index in [0.29, 0.717) is 33.4 Å². The van der Waals surface area contributed by atoms with Gasteiger partial charge in [0.15, 0.2) is 11.5 Å². The molecule has 0 aliphatic heterocycles. The zero-order chi connectivity index (χ0) is 19.8. The van der Waals surface area contributed by atoms with Crippen LogP contribution in [-0.2, 0) is 0 Å². The molecule has 4 heterocycles. The van der Waals surface area contributed by atoms with Crippen molar-refractivity contribution >= 4 is 39.8 Å². The fourth-order valence-electron chi connectivity index (χ4n) is 2.90. The fourth-order valence-corrected chi connectivity index (χ4v) is 3.05. The Balaban J connectivity index is 1.42. The SMILES string of the molecule is Cc1cc(Nc2ncnc3ccc(Cl)nc23)ccc1Oc1ccn2nnnc2c1. The molecule has 0 spiro atoms. The number of anilines is 2. The second kappa shape index (κ2) is 6.95. The molecule has 0 unspecified atom stereocenters. The molecule has 0 saturated heterocycles. The smallest absolute Gasteiger partial charge is 0.182 e. The minimum absolute atomic E-state index is 0.384. The van der Waals surface area contributed by atoms with Gasteiger partial charge < -0.3 is 10.1 Å². The number of aryl methyl sites for hydroxylation is 1. The highest BCUT2D eigenvalue weighted by molar-refractivity contribution is 6.29. The van der Waals surface area contributed by atoms with Crippen molar-refractivity contribution in [1.29, 1.82) is 0 Å². The van der Waals surface area contributed by atoms with Gasteiger partial charge >= 0.3 is 0 Å². The third kappa shape index (κ3) is 3.39. The largest absolute Gasteiger partial charge is 0.457 e. The Bertz CT molecular complexity index is 1350. The van der Waals surface area contributed by atoms with E-state index in [1.165, 1.54) is 6.33 Å². The normalized spacial score (nSPS) is 11.1. The van der Waals surface area contributed by atoms with Crippen molar-refractivity contribution in [3.05, 3.63) is 65.7 Å². The molecule has 4 aromatic heterocycles. The Hall–Kier alpha value is -3.85. The number of hydrogen-bond acceptors (Lipinski definition) is 8. The third-order valence-electron chi connectivity index (χ3n) is 4.28. The van der Waals surface area contributed by atoms with Crippen molar-refractivity contribution in [1.82, 2.24) is 35.0 Å². The maximum absolute atomic E-state index is 6.02. The van der Waals surface area contributed by atoms with Crippen LogP contribution in [0.5, 0.6) is 11.5 Å². The van der Waals surface area contributed by atoms with Crippen LogP contribution < -0.4 is 10.1 Å². The van der Waals surface area contributed by atoms with Gasteiger partial charge in [0, 0.05) is 18.0 Å². The second-order valence-corrected chi connectivity index (χ2v) is 6.66. The summed E-state index contributed by atoms with van der Waals surface area (Å²) in [6, 6.07) is 12.8. The number of tetrazole rings is 1. The number of nitrogens with zero attached hydrogens (tertiary/aromatic N) is 7. The average Bonchev–Trinajstić information content (AvgIpc) is 3.18. The molecule has 5 aromatic rings. The van der Waals surface area contributed by atoms with Gasteiger partial charge in [-0.15, -0.1) is 5.10 Å². The molecule has 9 nitrogen and oxygen atoms in total. The number of aromatic nitrogens is 7. The van der Waals surface area contributed by atoms with Gasteiger partial charge in [-0.25, -0.2) is 19.5 Å². The Morgan fingerprint density at radius 2 is 2.00 bits per heavy atom. The van der Waals surface area contributed by atoms with Crippen LogP contribution in [0, 0.1) is 6.92 Å². The lowest BCUT2D eigenvalue weighted by Crippen LogP contribution is -1.98. The summed E-state index contributed by atoms with van der Waals surface area (Å²) >= 11 is 6.02. The Labute approximate surface area is 169 Å². The molecule has 0 atom stereocenters. The first-order chi connectivity index (χ1) is 14.2. The number of rotatable bonds is 4. The van der Waals surface area contributed by atoms with Gasteiger partial charge in [-0.3, -0.25) is 0 Å². The number of fused-ring (bicyclic) bond motifs is 2. The monoisotopic (exact) mass is 404 g/mol. The van der Waals surface area contributed by atoms with E-state index >= 15 is 0 Å². The molecule has 5 rings (SSSR count). The van der Waals surface area contributed by atoms with Crippen molar-refractivity contribution < 1.29 is 4.74 Å². The van der Waals surface area contributed by atoms with Crippen LogP contribution in [0.3, 0.4) is 0 Å². The highest BCUT2D eigenvalue weighted by Gasteiger charge is 2.09. The van der Waals surface area contributed by atoms with Gasteiger partial charge in [0.25, 0.3) is 0 Å². The van der Waals surface area contributed by atoms with Crippen LogP contribution in [0.25, 0.3) is 16.7 Å². The topological polar surface area (TPSA) is 103 Å². The predicted octanol–water partition coefficient (Wildman–Crippen LogP) is 3.96. The van der Waals surface area contributed by atoms with Gasteiger partial charge in [-0.05, 0) is 59.3 Å². The Kier molecular flexibility index (Phi) is 4.14. The molecule has 29 heavy (non-hydrogen) atoms. The first-order valence-electron chi connectivity index (χ1n) is 8.66. The average molecular weight is 405 g/mol. The van der Waals surface area contributed by atoms with Crippen LogP contribution in [0.1, 0.15) is 5.56 Å². The van der Waals surface area contributed by atoms with Crippen molar-refractivity contribution in [3.8, 4) is 11.5 Å². The Morgan fingerprint density at radius 1 is 1.07 bits per heavy atom. The lowest BCUT2D eigenvalue weighted by Gasteiger charge is -2.12. The summed E-state index contributed by atoms with van der Waals surface area (Å²) in [5.41, 5.74) is 3.71. The lowest BCUT2D eigenvalue weighted by atomic mass is 10.2. The molecule has 0 bridgehead atoms. The summed E-state index contributed by atoms with van der Waals surface area (Å²) in [5, 5.41) is 15.0. The van der Waals surface area contributed by atoms with Crippen molar-refractivity contribution in [2.24, 2.45) is 0 Å². The summed E-state index contributed by atoms with van der Waals surface area (Å²) in [7, 11) is 0. The van der Waals surface area contributed by atoms with E-state index in [4.69, 9.17) is 16.3 Å². The quantitative estimate of drug-likeness (QED) is 0.449. The fraction of sp³-hybridized carbons (Fsp3) is 0.0526. The number of benzene rings is 1. The third-order valence-corrected chi connectivity index (χ3v) is 4.49. The number of halogens is 1. The number of hydrogen-bond donors (Lipinski definition) is 1. The molecule has 10 heteroatoms. The van der Waals surface area contributed by atoms with E-state index in [2.05, 4.69) is 35.8 Å². The van der Waals surface area contributed by atoms with Crippen molar-refractivity contribution in [2.45, 2.75) is 6.92 Å². The molecule has 1 N–H and O–H groups in total. The van der Waals surface area contributed by atoms with Gasteiger partial charge in [-0.2, -0.15) is 0 Å². The van der Waals surface area contributed by atoms with Gasteiger partial charge in [0.05, 0.1) is 5.52 Å². The minimum Gasteiger partial charge on any atom is -0.457 e. The molecular weight excluding hydrogens is 392 g/mol. The van der Waals surface area contributed by atoms with E-state index in [1.807, 2.05) is 31.2 Å². The van der Waals surface area contributed by atoms with Gasteiger partial charge in [0.1, 0.15) is 28.5 Å². The van der Waals surface area contributed by atoms with Gasteiger partial charge in [0.2, 0.25) is 0 Å². The Morgan fingerprint density at radius 3 is 2.90 bits per heavy atom. The van der Waals surface area contributed by atoms with Crippen molar-refractivity contribution in [2.75, 3.05) is 5.32 Å².